The number of likely N-dealkylation sites (N-methyl/N-ethyl adjacent to an activating group) is 1. The van der Waals surface area contributed by atoms with Crippen molar-refractivity contribution in [3.63, 3.8) is 0 Å². The second-order valence-corrected chi connectivity index (χ2v) is 6.28. The average Bonchev–Trinajstić information content (AvgIpc) is 2.36. The lowest BCUT2D eigenvalue weighted by molar-refractivity contribution is -0.138. The minimum atomic E-state index is 0.0457. The molecule has 4 aliphatic rings. The van der Waals surface area contributed by atoms with Crippen LogP contribution < -0.4 is 0 Å². The van der Waals surface area contributed by atoms with Crippen LogP contribution in [0.1, 0.15) is 25.7 Å². The largest absolute Gasteiger partial charge is 0.339 e. The number of carbonyl (C=O) groups excluding carboxylic acids is 1. The fourth-order valence-electron chi connectivity index (χ4n) is 4.99. The summed E-state index contributed by atoms with van der Waals surface area (Å²) in [6.07, 6.45) is 5.99. The first-order chi connectivity index (χ1) is 8.65. The molecule has 0 atom stereocenters. The number of nitriles is 1. The predicted molar refractivity (Wildman–Crippen MR) is 68.3 cm³/mol. The van der Waals surface area contributed by atoms with E-state index in [1.165, 1.54) is 6.08 Å². The van der Waals surface area contributed by atoms with Crippen LogP contribution in [0, 0.1) is 40.9 Å². The van der Waals surface area contributed by atoms with Crippen molar-refractivity contribution < 1.29 is 4.79 Å². The minimum Gasteiger partial charge on any atom is -0.339 e. The maximum absolute atomic E-state index is 11.8. The lowest BCUT2D eigenvalue weighted by Crippen LogP contribution is -2.58. The van der Waals surface area contributed by atoms with Crippen molar-refractivity contribution in [3.05, 3.63) is 12.7 Å². The highest BCUT2D eigenvalue weighted by molar-refractivity contribution is 5.87. The minimum absolute atomic E-state index is 0.0457. The first kappa shape index (κ1) is 11.8. The maximum atomic E-state index is 11.8. The van der Waals surface area contributed by atoms with E-state index < -0.39 is 0 Å². The van der Waals surface area contributed by atoms with Gasteiger partial charge in [0, 0.05) is 13.1 Å². The maximum Gasteiger partial charge on any atom is 0.245 e. The molecular formula is C15H20N2O. The number of rotatable bonds is 2. The van der Waals surface area contributed by atoms with E-state index in [0.717, 1.165) is 25.7 Å². The Labute approximate surface area is 108 Å². The number of nitrogens with zero attached hydrogens (tertiary/aromatic N) is 2. The van der Waals surface area contributed by atoms with Crippen molar-refractivity contribution in [2.75, 3.05) is 7.05 Å². The van der Waals surface area contributed by atoms with E-state index >= 15 is 0 Å². The van der Waals surface area contributed by atoms with Crippen LogP contribution in [0.5, 0.6) is 0 Å². The van der Waals surface area contributed by atoms with Crippen LogP contribution in [0.25, 0.3) is 0 Å². The van der Waals surface area contributed by atoms with Gasteiger partial charge in [0.05, 0.1) is 12.0 Å². The zero-order chi connectivity index (χ0) is 12.9. The van der Waals surface area contributed by atoms with Gasteiger partial charge in [-0.2, -0.15) is 5.26 Å². The first-order valence-corrected chi connectivity index (χ1v) is 6.94. The fourth-order valence-corrected chi connectivity index (χ4v) is 4.99. The van der Waals surface area contributed by atoms with Gasteiger partial charge < -0.3 is 4.90 Å². The van der Waals surface area contributed by atoms with E-state index in [-0.39, 0.29) is 5.91 Å². The van der Waals surface area contributed by atoms with Crippen molar-refractivity contribution in [3.8, 4) is 6.07 Å². The zero-order valence-electron chi connectivity index (χ0n) is 10.9. The molecule has 1 amide bonds. The van der Waals surface area contributed by atoms with Crippen LogP contribution in [-0.2, 0) is 4.79 Å². The standard InChI is InChI=1S/C15H20N2O/c1-3-14(18)17(2)15-11-4-9-5-12(15)7-10(6-11)13(9)8-16/h3,9-13,15H,1,4-7H2,2H3. The van der Waals surface area contributed by atoms with E-state index in [9.17, 15) is 10.1 Å². The van der Waals surface area contributed by atoms with Crippen molar-refractivity contribution >= 4 is 5.91 Å². The molecule has 3 heteroatoms. The summed E-state index contributed by atoms with van der Waals surface area (Å²) in [5.41, 5.74) is 0. The quantitative estimate of drug-likeness (QED) is 0.699. The van der Waals surface area contributed by atoms with Crippen LogP contribution in [-0.4, -0.2) is 23.9 Å². The smallest absolute Gasteiger partial charge is 0.245 e. The normalized spacial score (nSPS) is 44.4. The zero-order valence-corrected chi connectivity index (χ0v) is 10.9. The van der Waals surface area contributed by atoms with Crippen LogP contribution >= 0.6 is 0 Å². The van der Waals surface area contributed by atoms with Gasteiger partial charge in [-0.05, 0) is 55.4 Å². The van der Waals surface area contributed by atoms with Crippen LogP contribution in [0.15, 0.2) is 12.7 Å². The lowest BCUT2D eigenvalue weighted by atomic mass is 9.50. The van der Waals surface area contributed by atoms with E-state index in [1.807, 2.05) is 11.9 Å². The van der Waals surface area contributed by atoms with Crippen molar-refractivity contribution in [2.45, 2.75) is 31.7 Å². The summed E-state index contributed by atoms with van der Waals surface area (Å²) in [5.74, 6) is 2.77. The van der Waals surface area contributed by atoms with Crippen molar-refractivity contribution in [2.24, 2.45) is 29.6 Å². The summed E-state index contributed by atoms with van der Waals surface area (Å²) in [7, 11) is 1.92. The highest BCUT2D eigenvalue weighted by Gasteiger charge is 2.54. The van der Waals surface area contributed by atoms with Gasteiger partial charge in [0.25, 0.3) is 0 Å². The van der Waals surface area contributed by atoms with Gasteiger partial charge in [0.2, 0.25) is 5.91 Å². The van der Waals surface area contributed by atoms with Gasteiger partial charge >= 0.3 is 0 Å². The number of amides is 1. The second kappa shape index (κ2) is 4.12. The molecule has 4 rings (SSSR count). The molecule has 0 radical (unpaired) electrons. The van der Waals surface area contributed by atoms with Gasteiger partial charge in [-0.25, -0.2) is 0 Å². The molecule has 4 saturated carbocycles. The second-order valence-electron chi connectivity index (χ2n) is 6.28. The van der Waals surface area contributed by atoms with Gasteiger partial charge in [0.1, 0.15) is 0 Å². The van der Waals surface area contributed by atoms with Crippen molar-refractivity contribution in [1.29, 1.82) is 5.26 Å². The lowest BCUT2D eigenvalue weighted by Gasteiger charge is -2.58. The molecule has 0 N–H and O–H groups in total. The van der Waals surface area contributed by atoms with Gasteiger partial charge in [-0.1, -0.05) is 6.58 Å². The summed E-state index contributed by atoms with van der Waals surface area (Å²) >= 11 is 0. The van der Waals surface area contributed by atoms with Crippen LogP contribution in [0.3, 0.4) is 0 Å². The molecule has 0 spiro atoms. The molecular weight excluding hydrogens is 224 g/mol. The summed E-state index contributed by atoms with van der Waals surface area (Å²) in [6.45, 7) is 3.59. The summed E-state index contributed by atoms with van der Waals surface area (Å²) in [5, 5.41) is 9.27. The summed E-state index contributed by atoms with van der Waals surface area (Å²) in [4.78, 5) is 13.7. The molecule has 0 aromatic carbocycles. The molecule has 4 fully saturated rings. The van der Waals surface area contributed by atoms with Gasteiger partial charge in [0.15, 0.2) is 0 Å². The van der Waals surface area contributed by atoms with Crippen LogP contribution in [0.2, 0.25) is 0 Å². The number of carbonyl (C=O) groups is 1. The molecule has 0 aliphatic heterocycles. The summed E-state index contributed by atoms with van der Waals surface area (Å²) in [6, 6.07) is 2.92. The highest BCUT2D eigenvalue weighted by Crippen LogP contribution is 2.57. The molecule has 96 valence electrons. The third-order valence-corrected chi connectivity index (χ3v) is 5.52. The Morgan fingerprint density at radius 1 is 1.22 bits per heavy atom. The molecule has 0 saturated heterocycles. The molecule has 3 nitrogen and oxygen atoms in total. The SMILES string of the molecule is C=CC(=O)N(C)C1C2CC3CC1CC(C2)C3C#N. The van der Waals surface area contributed by atoms with Crippen LogP contribution in [0.4, 0.5) is 0 Å². The third-order valence-electron chi connectivity index (χ3n) is 5.52. The molecule has 0 heterocycles. The Kier molecular flexibility index (Phi) is 2.69. The molecule has 0 aromatic heterocycles. The third kappa shape index (κ3) is 1.51. The van der Waals surface area contributed by atoms with E-state index in [2.05, 4.69) is 12.6 Å². The molecule has 18 heavy (non-hydrogen) atoms. The Morgan fingerprint density at radius 3 is 2.11 bits per heavy atom. The molecule has 4 bridgehead atoms. The number of hydrogen-bond acceptors (Lipinski definition) is 2. The van der Waals surface area contributed by atoms with Crippen molar-refractivity contribution in [1.82, 2.24) is 4.90 Å². The van der Waals surface area contributed by atoms with Gasteiger partial charge in [-0.3, -0.25) is 4.79 Å². The average molecular weight is 244 g/mol. The molecule has 0 unspecified atom stereocenters. The topological polar surface area (TPSA) is 44.1 Å². The Bertz CT molecular complexity index is 393. The first-order valence-electron chi connectivity index (χ1n) is 6.94. The highest BCUT2D eigenvalue weighted by atomic mass is 16.2. The van der Waals surface area contributed by atoms with E-state index in [0.29, 0.717) is 35.6 Å². The Hall–Kier alpha value is -1.30. The summed E-state index contributed by atoms with van der Waals surface area (Å²) < 4.78 is 0. The predicted octanol–water partition coefficient (Wildman–Crippen LogP) is 2.21. The molecule has 4 aliphatic carbocycles. The van der Waals surface area contributed by atoms with E-state index in [1.54, 1.807) is 0 Å². The van der Waals surface area contributed by atoms with E-state index in [4.69, 9.17) is 0 Å². The monoisotopic (exact) mass is 244 g/mol. The fraction of sp³-hybridized carbons (Fsp3) is 0.733. The Morgan fingerprint density at radius 2 is 1.72 bits per heavy atom. The number of hydrogen-bond donors (Lipinski definition) is 0. The Balaban J connectivity index is 1.82. The van der Waals surface area contributed by atoms with Gasteiger partial charge in [-0.15, -0.1) is 0 Å². The molecule has 0 aromatic rings.